The molecule has 5 nitrogen and oxygen atoms in total. The maximum absolute atomic E-state index is 13.0. The first-order valence-corrected chi connectivity index (χ1v) is 7.49. The number of nitrogens with one attached hydrogen (secondary N) is 1. The molecule has 2 saturated heterocycles. The molecule has 0 radical (unpaired) electrons. The number of carbonyl (C=O) groups is 2. The Balaban J connectivity index is 1.96. The van der Waals surface area contributed by atoms with E-state index in [2.05, 4.69) is 11.9 Å². The molecule has 4 atom stereocenters. The third kappa shape index (κ3) is 1.67. The number of aliphatic hydroxyl groups is 1. The molecule has 0 aromatic carbocycles. The quantitative estimate of drug-likeness (QED) is 0.760. The second-order valence-corrected chi connectivity index (χ2v) is 6.27. The predicted molar refractivity (Wildman–Crippen MR) is 76.2 cm³/mol. The van der Waals surface area contributed by atoms with Crippen LogP contribution in [0.3, 0.4) is 0 Å². The van der Waals surface area contributed by atoms with Gasteiger partial charge in [0.25, 0.3) is 0 Å². The van der Waals surface area contributed by atoms with Crippen LogP contribution in [0, 0.1) is 11.8 Å². The number of hydrogen-bond acceptors (Lipinski definition) is 4. The summed E-state index contributed by atoms with van der Waals surface area (Å²) in [6.45, 7) is 5.48. The van der Waals surface area contributed by atoms with Gasteiger partial charge in [0, 0.05) is 12.5 Å². The smallest absolute Gasteiger partial charge is 0.228 e. The highest BCUT2D eigenvalue weighted by atomic mass is 16.5. The first kappa shape index (κ1) is 14.3. The molecule has 0 aromatic heterocycles. The Hall–Kier alpha value is -1.62. The van der Waals surface area contributed by atoms with Crippen molar-refractivity contribution in [2.45, 2.75) is 43.7 Å². The van der Waals surface area contributed by atoms with E-state index in [1.165, 1.54) is 0 Å². The predicted octanol–water partition coefficient (Wildman–Crippen LogP) is 1.08. The lowest BCUT2D eigenvalue weighted by atomic mass is 9.64. The number of Topliss-reactive ketones (excluding diaryl/α,β-unsaturated/α-hetero) is 1. The van der Waals surface area contributed by atoms with Gasteiger partial charge in [-0.05, 0) is 32.6 Å². The summed E-state index contributed by atoms with van der Waals surface area (Å²) in [5.41, 5.74) is -2.07. The summed E-state index contributed by atoms with van der Waals surface area (Å²) < 4.78 is 5.67. The molecular formula is C16H21NO4. The molecule has 2 aliphatic heterocycles. The summed E-state index contributed by atoms with van der Waals surface area (Å²) in [5, 5.41) is 12.0. The fourth-order valence-electron chi connectivity index (χ4n) is 3.98. The first-order valence-electron chi connectivity index (χ1n) is 7.49. The van der Waals surface area contributed by atoms with Gasteiger partial charge >= 0.3 is 0 Å². The van der Waals surface area contributed by atoms with Crippen LogP contribution in [0.5, 0.6) is 0 Å². The number of ether oxygens (including phenoxy) is 1. The molecule has 3 rings (SSSR count). The van der Waals surface area contributed by atoms with Crippen molar-refractivity contribution < 1.29 is 19.4 Å². The topological polar surface area (TPSA) is 75.6 Å². The van der Waals surface area contributed by atoms with Crippen molar-refractivity contribution in [3.63, 3.8) is 0 Å². The Bertz CT molecular complexity index is 540. The molecule has 5 heteroatoms. The van der Waals surface area contributed by atoms with E-state index >= 15 is 0 Å². The minimum Gasteiger partial charge on any atom is -0.485 e. The van der Waals surface area contributed by atoms with E-state index in [9.17, 15) is 14.7 Å². The molecule has 21 heavy (non-hydrogen) atoms. The van der Waals surface area contributed by atoms with Crippen LogP contribution in [0.4, 0.5) is 0 Å². The molecule has 114 valence electrons. The van der Waals surface area contributed by atoms with Crippen molar-refractivity contribution in [1.82, 2.24) is 5.32 Å². The summed E-state index contributed by atoms with van der Waals surface area (Å²) >= 11 is 0. The van der Waals surface area contributed by atoms with Crippen molar-refractivity contribution in [1.29, 1.82) is 0 Å². The SMILES string of the molecule is C=C1O[C@@]2(C)[C@@H](CCO)C(=O)N[C@@]12C(=O)[C@@H]1C=CCCC1. The second kappa shape index (κ2) is 4.70. The number of amides is 1. The lowest BCUT2D eigenvalue weighted by Gasteiger charge is -2.54. The molecule has 0 bridgehead atoms. The van der Waals surface area contributed by atoms with Gasteiger partial charge in [-0.3, -0.25) is 9.59 Å². The van der Waals surface area contributed by atoms with E-state index in [4.69, 9.17) is 4.74 Å². The van der Waals surface area contributed by atoms with Crippen LogP contribution in [0.1, 0.15) is 32.6 Å². The van der Waals surface area contributed by atoms with E-state index in [-0.39, 0.29) is 30.6 Å². The minimum absolute atomic E-state index is 0.0361. The van der Waals surface area contributed by atoms with E-state index in [1.807, 2.05) is 12.2 Å². The van der Waals surface area contributed by atoms with Crippen molar-refractivity contribution in [2.75, 3.05) is 6.61 Å². The first-order chi connectivity index (χ1) is 9.97. The van der Waals surface area contributed by atoms with E-state index in [0.717, 1.165) is 19.3 Å². The third-order valence-electron chi connectivity index (χ3n) is 5.17. The molecule has 0 saturated carbocycles. The Morgan fingerprint density at radius 1 is 1.62 bits per heavy atom. The summed E-state index contributed by atoms with van der Waals surface area (Å²) in [5.74, 6) is -0.677. The van der Waals surface area contributed by atoms with Crippen molar-refractivity contribution in [2.24, 2.45) is 11.8 Å². The Morgan fingerprint density at radius 2 is 2.38 bits per heavy atom. The molecule has 2 N–H and O–H groups in total. The van der Waals surface area contributed by atoms with Crippen LogP contribution in [0.2, 0.25) is 0 Å². The van der Waals surface area contributed by atoms with Gasteiger partial charge in [0.05, 0.1) is 5.92 Å². The summed E-state index contributed by atoms with van der Waals surface area (Å²) in [4.78, 5) is 25.3. The number of fused-ring (bicyclic) bond motifs is 1. The lowest BCUT2D eigenvalue weighted by Crippen LogP contribution is -2.73. The van der Waals surface area contributed by atoms with Gasteiger partial charge in [-0.2, -0.15) is 0 Å². The number of allylic oxidation sites excluding steroid dienone is 2. The van der Waals surface area contributed by atoms with Gasteiger partial charge in [-0.25, -0.2) is 0 Å². The number of hydrogen-bond donors (Lipinski definition) is 2. The van der Waals surface area contributed by atoms with Crippen molar-refractivity contribution in [3.8, 4) is 0 Å². The van der Waals surface area contributed by atoms with Crippen LogP contribution in [-0.4, -0.2) is 34.5 Å². The second-order valence-electron chi connectivity index (χ2n) is 6.27. The van der Waals surface area contributed by atoms with Crippen molar-refractivity contribution in [3.05, 3.63) is 24.5 Å². The normalized spacial score (nSPS) is 41.0. The van der Waals surface area contributed by atoms with Crippen LogP contribution < -0.4 is 5.32 Å². The zero-order valence-electron chi connectivity index (χ0n) is 12.2. The standard InChI is InChI=1S/C16H21NO4/c1-10-16(13(19)11-6-4-3-5-7-11)15(2,21-10)12(8-9-18)14(20)17-16/h4,6,11-12,18H,1,3,5,7-9H2,2H3,(H,17,20)/t11-,12+,15+,16-/m1/s1. The van der Waals surface area contributed by atoms with Gasteiger partial charge in [0.1, 0.15) is 5.76 Å². The fourth-order valence-corrected chi connectivity index (χ4v) is 3.98. The number of aliphatic hydroxyl groups excluding tert-OH is 1. The molecule has 0 spiro atoms. The van der Waals surface area contributed by atoms with Crippen LogP contribution in [0.15, 0.2) is 24.5 Å². The van der Waals surface area contributed by atoms with E-state index < -0.39 is 17.1 Å². The van der Waals surface area contributed by atoms with Gasteiger partial charge in [-0.15, -0.1) is 0 Å². The number of rotatable bonds is 4. The van der Waals surface area contributed by atoms with Gasteiger partial charge in [0.2, 0.25) is 5.91 Å². The highest BCUT2D eigenvalue weighted by Crippen LogP contribution is 2.56. The van der Waals surface area contributed by atoms with Gasteiger partial charge in [0.15, 0.2) is 16.9 Å². The van der Waals surface area contributed by atoms with E-state index in [1.54, 1.807) is 6.92 Å². The monoisotopic (exact) mass is 291 g/mol. The Kier molecular flexibility index (Phi) is 3.20. The highest BCUT2D eigenvalue weighted by Gasteiger charge is 2.76. The fraction of sp³-hybridized carbons (Fsp3) is 0.625. The maximum Gasteiger partial charge on any atom is 0.228 e. The minimum atomic E-state index is -1.13. The molecule has 2 fully saturated rings. The maximum atomic E-state index is 13.0. The lowest BCUT2D eigenvalue weighted by molar-refractivity contribution is -0.177. The van der Waals surface area contributed by atoms with Crippen LogP contribution in [0.25, 0.3) is 0 Å². The summed E-state index contributed by atoms with van der Waals surface area (Å²) in [6.07, 6.45) is 6.99. The third-order valence-corrected chi connectivity index (χ3v) is 5.17. The zero-order chi connectivity index (χ0) is 15.3. The zero-order valence-corrected chi connectivity index (χ0v) is 12.2. The Morgan fingerprint density at radius 3 is 2.95 bits per heavy atom. The van der Waals surface area contributed by atoms with Gasteiger partial charge < -0.3 is 15.2 Å². The molecule has 3 aliphatic rings. The average molecular weight is 291 g/mol. The van der Waals surface area contributed by atoms with Crippen molar-refractivity contribution >= 4 is 11.7 Å². The molecule has 0 unspecified atom stereocenters. The van der Waals surface area contributed by atoms with E-state index in [0.29, 0.717) is 5.76 Å². The average Bonchev–Trinajstić information content (AvgIpc) is 2.65. The highest BCUT2D eigenvalue weighted by molar-refractivity contribution is 6.05. The van der Waals surface area contributed by atoms with Crippen LogP contribution >= 0.6 is 0 Å². The molecular weight excluding hydrogens is 270 g/mol. The van der Waals surface area contributed by atoms with Crippen LogP contribution in [-0.2, 0) is 14.3 Å². The largest absolute Gasteiger partial charge is 0.485 e. The molecule has 1 amide bonds. The Labute approximate surface area is 124 Å². The summed E-state index contributed by atoms with van der Waals surface area (Å²) in [6, 6.07) is 0. The summed E-state index contributed by atoms with van der Waals surface area (Å²) in [7, 11) is 0. The molecule has 0 aromatic rings. The molecule has 1 aliphatic carbocycles. The number of carbonyl (C=O) groups excluding carboxylic acids is 2. The molecule has 2 heterocycles. The van der Waals surface area contributed by atoms with Gasteiger partial charge in [-0.1, -0.05) is 18.7 Å². The number of ketones is 1.